The summed E-state index contributed by atoms with van der Waals surface area (Å²) < 4.78 is 30.6. The second kappa shape index (κ2) is 9.43. The zero-order valence-corrected chi connectivity index (χ0v) is 20.3. The molecular formula is C24H21N5O4S2. The van der Waals surface area contributed by atoms with Crippen molar-refractivity contribution in [3.63, 3.8) is 0 Å². The molecule has 1 aliphatic carbocycles. The van der Waals surface area contributed by atoms with E-state index >= 15 is 0 Å². The second-order valence-corrected chi connectivity index (χ2v) is 10.8. The fraction of sp³-hybridized carbons (Fsp3) is 0.167. The molecule has 0 radical (unpaired) electrons. The van der Waals surface area contributed by atoms with E-state index in [4.69, 9.17) is 9.72 Å². The first-order valence-corrected chi connectivity index (χ1v) is 13.5. The van der Waals surface area contributed by atoms with Gasteiger partial charge in [0.15, 0.2) is 0 Å². The van der Waals surface area contributed by atoms with Crippen molar-refractivity contribution >= 4 is 38.9 Å². The lowest BCUT2D eigenvalue weighted by atomic mass is 10.2. The Labute approximate surface area is 206 Å². The number of hydrogen-bond acceptors (Lipinski definition) is 9. The van der Waals surface area contributed by atoms with E-state index in [9.17, 15) is 13.2 Å². The number of nitrogens with zero attached hydrogens (tertiary/aromatic N) is 3. The molecule has 1 saturated carbocycles. The minimum Gasteiger partial charge on any atom is -0.444 e. The van der Waals surface area contributed by atoms with Crippen molar-refractivity contribution in [2.45, 2.75) is 18.8 Å². The van der Waals surface area contributed by atoms with Crippen LogP contribution < -0.4 is 14.8 Å². The van der Waals surface area contributed by atoms with Crippen molar-refractivity contribution < 1.29 is 17.9 Å². The van der Waals surface area contributed by atoms with Gasteiger partial charge in [-0.15, -0.1) is 0 Å². The molecule has 0 spiro atoms. The molecule has 1 fully saturated rings. The Balaban J connectivity index is 1.33. The van der Waals surface area contributed by atoms with E-state index in [2.05, 4.69) is 15.3 Å². The number of amides is 1. The molecule has 9 nitrogen and oxygen atoms in total. The Morgan fingerprint density at radius 1 is 1.06 bits per heavy atom. The fourth-order valence-corrected chi connectivity index (χ4v) is 4.87. The molecule has 1 aromatic carbocycles. The van der Waals surface area contributed by atoms with Crippen LogP contribution >= 0.6 is 11.3 Å². The van der Waals surface area contributed by atoms with Crippen LogP contribution in [0.2, 0.25) is 0 Å². The monoisotopic (exact) mass is 507 g/mol. The van der Waals surface area contributed by atoms with Crippen LogP contribution in [-0.4, -0.2) is 35.5 Å². The highest BCUT2D eigenvalue weighted by Crippen LogP contribution is 2.48. The van der Waals surface area contributed by atoms with Crippen molar-refractivity contribution in [2.75, 3.05) is 11.6 Å². The Morgan fingerprint density at radius 3 is 2.54 bits per heavy atom. The van der Waals surface area contributed by atoms with Crippen LogP contribution in [-0.2, 0) is 10.0 Å². The van der Waals surface area contributed by atoms with Gasteiger partial charge in [0.25, 0.3) is 5.91 Å². The number of rotatable bonds is 8. The standard InChI is InChI=1S/C24H21N5O4S2/c1-35(31,32)29-22(30)17-9-10-19(26-14-17)27-20-13-18(11-12-25-20)33-24-21(15-5-3-2-4-6-15)28-23(34-24)16-7-8-16/h2-6,9-14,16H,7-8H2,1H3,(H,29,30)(H,25,26,27). The van der Waals surface area contributed by atoms with Crippen molar-refractivity contribution in [3.8, 4) is 22.1 Å². The smallest absolute Gasteiger partial charge is 0.266 e. The molecule has 0 aliphatic heterocycles. The van der Waals surface area contributed by atoms with Gasteiger partial charge in [-0.2, -0.15) is 0 Å². The normalized spacial score (nSPS) is 13.3. The number of anilines is 2. The highest BCUT2D eigenvalue weighted by molar-refractivity contribution is 7.89. The highest BCUT2D eigenvalue weighted by atomic mass is 32.2. The van der Waals surface area contributed by atoms with Gasteiger partial charge in [-0.25, -0.2) is 28.1 Å². The van der Waals surface area contributed by atoms with Crippen LogP contribution in [0.1, 0.15) is 34.1 Å². The lowest BCUT2D eigenvalue weighted by molar-refractivity contribution is 0.0981. The number of pyridine rings is 2. The summed E-state index contributed by atoms with van der Waals surface area (Å²) in [6.45, 7) is 0. The Kier molecular flexibility index (Phi) is 6.18. The van der Waals surface area contributed by atoms with Gasteiger partial charge < -0.3 is 10.1 Å². The summed E-state index contributed by atoms with van der Waals surface area (Å²) in [5.41, 5.74) is 1.95. The molecule has 1 aliphatic rings. The molecule has 178 valence electrons. The number of nitrogens with one attached hydrogen (secondary N) is 2. The first-order chi connectivity index (χ1) is 16.8. The molecule has 0 saturated heterocycles. The lowest BCUT2D eigenvalue weighted by Gasteiger charge is -2.09. The van der Waals surface area contributed by atoms with E-state index in [1.165, 1.54) is 12.3 Å². The van der Waals surface area contributed by atoms with Crippen LogP contribution in [0.3, 0.4) is 0 Å². The SMILES string of the molecule is CS(=O)(=O)NC(=O)c1ccc(Nc2cc(Oc3sc(C4CC4)nc3-c3ccccc3)ccn2)nc1. The zero-order valence-electron chi connectivity index (χ0n) is 18.6. The molecule has 35 heavy (non-hydrogen) atoms. The van der Waals surface area contributed by atoms with E-state index in [0.717, 1.165) is 40.4 Å². The van der Waals surface area contributed by atoms with Gasteiger partial charge >= 0.3 is 0 Å². The van der Waals surface area contributed by atoms with E-state index in [0.29, 0.717) is 23.3 Å². The topological polar surface area (TPSA) is 123 Å². The summed E-state index contributed by atoms with van der Waals surface area (Å²) in [5, 5.41) is 4.88. The van der Waals surface area contributed by atoms with Crippen molar-refractivity contribution in [1.82, 2.24) is 19.7 Å². The summed E-state index contributed by atoms with van der Waals surface area (Å²) >= 11 is 1.57. The van der Waals surface area contributed by atoms with Crippen LogP contribution in [0.25, 0.3) is 11.3 Å². The number of carbonyl (C=O) groups excluding carboxylic acids is 1. The average Bonchev–Trinajstić information content (AvgIpc) is 3.60. The molecule has 1 amide bonds. The largest absolute Gasteiger partial charge is 0.444 e. The van der Waals surface area contributed by atoms with Gasteiger partial charge in [-0.3, -0.25) is 4.79 Å². The summed E-state index contributed by atoms with van der Waals surface area (Å²) in [6, 6.07) is 16.5. The number of benzene rings is 1. The summed E-state index contributed by atoms with van der Waals surface area (Å²) in [5.74, 6) is 1.29. The molecular weight excluding hydrogens is 486 g/mol. The Hall–Kier alpha value is -3.83. The van der Waals surface area contributed by atoms with Gasteiger partial charge in [-0.1, -0.05) is 41.7 Å². The predicted molar refractivity (Wildman–Crippen MR) is 134 cm³/mol. The number of sulfonamides is 1. The average molecular weight is 508 g/mol. The van der Waals surface area contributed by atoms with E-state index in [-0.39, 0.29) is 5.56 Å². The zero-order chi connectivity index (χ0) is 24.4. The maximum Gasteiger partial charge on any atom is 0.266 e. The van der Waals surface area contributed by atoms with Gasteiger partial charge in [-0.05, 0) is 31.0 Å². The van der Waals surface area contributed by atoms with Gasteiger partial charge in [0.1, 0.15) is 28.1 Å². The predicted octanol–water partition coefficient (Wildman–Crippen LogP) is 4.70. The molecule has 3 heterocycles. The number of carbonyl (C=O) groups is 1. The highest BCUT2D eigenvalue weighted by Gasteiger charge is 2.29. The molecule has 3 aromatic heterocycles. The van der Waals surface area contributed by atoms with Gasteiger partial charge in [0, 0.05) is 29.9 Å². The maximum atomic E-state index is 11.9. The lowest BCUT2D eigenvalue weighted by Crippen LogP contribution is -2.29. The van der Waals surface area contributed by atoms with Crippen molar-refractivity contribution in [3.05, 3.63) is 77.6 Å². The molecule has 11 heteroatoms. The molecule has 0 unspecified atom stereocenters. The summed E-state index contributed by atoms with van der Waals surface area (Å²) in [7, 11) is -3.65. The van der Waals surface area contributed by atoms with Crippen LogP contribution in [0.15, 0.2) is 67.0 Å². The quantitative estimate of drug-likeness (QED) is 0.352. The number of hydrogen-bond donors (Lipinski definition) is 2. The number of ether oxygens (including phenoxy) is 1. The van der Waals surface area contributed by atoms with Crippen LogP contribution in [0.5, 0.6) is 10.8 Å². The molecule has 4 aromatic rings. The van der Waals surface area contributed by atoms with Crippen molar-refractivity contribution in [2.24, 2.45) is 0 Å². The Bertz CT molecular complexity index is 1470. The molecule has 0 atom stereocenters. The fourth-order valence-electron chi connectivity index (χ4n) is 3.29. The Morgan fingerprint density at radius 2 is 1.86 bits per heavy atom. The van der Waals surface area contributed by atoms with Crippen LogP contribution in [0.4, 0.5) is 11.6 Å². The minimum atomic E-state index is -3.65. The minimum absolute atomic E-state index is 0.121. The van der Waals surface area contributed by atoms with Crippen molar-refractivity contribution in [1.29, 1.82) is 0 Å². The third kappa shape index (κ3) is 5.81. The maximum absolute atomic E-state index is 11.9. The van der Waals surface area contributed by atoms with Crippen LogP contribution in [0, 0.1) is 0 Å². The molecule has 5 rings (SSSR count). The second-order valence-electron chi connectivity index (χ2n) is 8.07. The first-order valence-electron chi connectivity index (χ1n) is 10.8. The van der Waals surface area contributed by atoms with Gasteiger partial charge in [0.05, 0.1) is 11.8 Å². The summed E-state index contributed by atoms with van der Waals surface area (Å²) in [6.07, 6.45) is 6.14. The van der Waals surface area contributed by atoms with E-state index < -0.39 is 15.9 Å². The first kappa shape index (κ1) is 22.9. The third-order valence-corrected chi connectivity index (χ3v) is 6.74. The van der Waals surface area contributed by atoms with E-state index in [1.807, 2.05) is 35.1 Å². The van der Waals surface area contributed by atoms with E-state index in [1.54, 1.807) is 35.7 Å². The number of aromatic nitrogens is 3. The number of thiazole rings is 1. The molecule has 2 N–H and O–H groups in total. The van der Waals surface area contributed by atoms with Gasteiger partial charge in [0.2, 0.25) is 15.1 Å². The summed E-state index contributed by atoms with van der Waals surface area (Å²) in [4.78, 5) is 25.3. The third-order valence-electron chi connectivity index (χ3n) is 5.09. The molecule has 0 bridgehead atoms.